The van der Waals surface area contributed by atoms with Crippen LogP contribution in [0.25, 0.3) is 0 Å². The molecule has 4 nitrogen and oxygen atoms in total. The molecule has 0 saturated heterocycles. The van der Waals surface area contributed by atoms with Crippen LogP contribution in [0.3, 0.4) is 0 Å². The third-order valence-corrected chi connectivity index (χ3v) is 3.24. The molecule has 0 radical (unpaired) electrons. The molecule has 0 fully saturated rings. The highest BCUT2D eigenvalue weighted by atomic mass is 79.9. The smallest absolute Gasteiger partial charge is 0.334 e. The van der Waals surface area contributed by atoms with E-state index in [0.717, 1.165) is 15.8 Å². The maximum Gasteiger partial charge on any atom is 0.341 e. The van der Waals surface area contributed by atoms with Crippen molar-refractivity contribution in [1.29, 1.82) is 0 Å². The average molecular weight is 348 g/mol. The highest BCUT2D eigenvalue weighted by Crippen LogP contribution is 2.20. The number of nitrogens with one attached hydrogen (secondary N) is 2. The number of halogens is 1. The van der Waals surface area contributed by atoms with Crippen LogP contribution in [-0.2, 0) is 0 Å². The molecule has 2 amide bonds. The Morgan fingerprint density at radius 3 is 2.24 bits per heavy atom. The van der Waals surface area contributed by atoms with Crippen molar-refractivity contribution in [3.8, 4) is 0 Å². The zero-order valence-electron chi connectivity index (χ0n) is 12.0. The Balaban J connectivity index is 2.25. The van der Waals surface area contributed by atoms with Gasteiger partial charge >= 0.3 is 6.03 Å². The molecule has 5 heteroatoms. The molecule has 0 unspecified atom stereocenters. The van der Waals surface area contributed by atoms with Crippen LogP contribution in [0.4, 0.5) is 16.2 Å². The van der Waals surface area contributed by atoms with Crippen LogP contribution in [0.2, 0.25) is 0 Å². The van der Waals surface area contributed by atoms with E-state index in [1.807, 2.05) is 68.4 Å². The molecule has 0 heterocycles. The van der Waals surface area contributed by atoms with Gasteiger partial charge in [0.05, 0.1) is 11.4 Å². The van der Waals surface area contributed by atoms with Crippen molar-refractivity contribution in [3.05, 3.63) is 59.1 Å². The molecule has 0 saturated carbocycles. The Kier molecular flexibility index (Phi) is 5.22. The minimum absolute atomic E-state index is 0.0630. The van der Waals surface area contributed by atoms with Gasteiger partial charge < -0.3 is 5.32 Å². The first-order chi connectivity index (χ1) is 10.1. The van der Waals surface area contributed by atoms with Crippen molar-refractivity contribution in [2.24, 2.45) is 0 Å². The van der Waals surface area contributed by atoms with Crippen molar-refractivity contribution in [2.45, 2.75) is 19.9 Å². The molecular formula is C16H18BrN3O. The van der Waals surface area contributed by atoms with E-state index in [1.165, 1.54) is 5.01 Å². The molecule has 0 aromatic heterocycles. The van der Waals surface area contributed by atoms with Crippen LogP contribution < -0.4 is 15.8 Å². The Morgan fingerprint density at radius 1 is 1.05 bits per heavy atom. The van der Waals surface area contributed by atoms with E-state index in [2.05, 4.69) is 26.7 Å². The number of hydrogen-bond acceptors (Lipinski definition) is 2. The molecule has 21 heavy (non-hydrogen) atoms. The number of urea groups is 1. The largest absolute Gasteiger partial charge is 0.341 e. The maximum absolute atomic E-state index is 12.4. The third kappa shape index (κ3) is 4.49. The molecule has 0 atom stereocenters. The van der Waals surface area contributed by atoms with E-state index in [-0.39, 0.29) is 12.1 Å². The fraction of sp³-hybridized carbons (Fsp3) is 0.188. The van der Waals surface area contributed by atoms with E-state index < -0.39 is 0 Å². The van der Waals surface area contributed by atoms with E-state index in [0.29, 0.717) is 0 Å². The molecular weight excluding hydrogens is 330 g/mol. The van der Waals surface area contributed by atoms with Crippen LogP contribution in [0.5, 0.6) is 0 Å². The molecule has 0 bridgehead atoms. The Labute approximate surface area is 133 Å². The zero-order valence-corrected chi connectivity index (χ0v) is 13.6. The molecule has 0 spiro atoms. The van der Waals surface area contributed by atoms with E-state index in [4.69, 9.17) is 0 Å². The van der Waals surface area contributed by atoms with Gasteiger partial charge in [0.1, 0.15) is 0 Å². The second-order valence-electron chi connectivity index (χ2n) is 4.89. The van der Waals surface area contributed by atoms with Crippen molar-refractivity contribution < 1.29 is 4.79 Å². The summed E-state index contributed by atoms with van der Waals surface area (Å²) in [5, 5.41) is 4.39. The Morgan fingerprint density at radius 2 is 1.67 bits per heavy atom. The minimum atomic E-state index is -0.198. The Hall–Kier alpha value is -2.01. The number of hydrogen-bond donors (Lipinski definition) is 2. The number of nitrogens with zero attached hydrogens (tertiary/aromatic N) is 1. The summed E-state index contributed by atoms with van der Waals surface area (Å²) in [5.41, 5.74) is 4.74. The van der Waals surface area contributed by atoms with Gasteiger partial charge in [-0.15, -0.1) is 0 Å². The van der Waals surface area contributed by atoms with Crippen LogP contribution in [-0.4, -0.2) is 12.1 Å². The van der Waals surface area contributed by atoms with Gasteiger partial charge in [0, 0.05) is 10.5 Å². The maximum atomic E-state index is 12.4. The van der Waals surface area contributed by atoms with Crippen molar-refractivity contribution in [2.75, 3.05) is 10.4 Å². The van der Waals surface area contributed by atoms with Gasteiger partial charge in [-0.3, -0.25) is 5.43 Å². The first-order valence-electron chi connectivity index (χ1n) is 6.74. The molecule has 110 valence electrons. The second kappa shape index (κ2) is 7.13. The highest BCUT2D eigenvalue weighted by Gasteiger charge is 2.16. The van der Waals surface area contributed by atoms with Gasteiger partial charge in [-0.25, -0.2) is 9.80 Å². The van der Waals surface area contributed by atoms with Gasteiger partial charge in [0.2, 0.25) is 0 Å². The SMILES string of the molecule is CC(C)NC(=O)N(Nc1ccccc1)c1ccc(Br)cc1. The molecule has 2 aromatic rings. The van der Waals surface area contributed by atoms with E-state index in [1.54, 1.807) is 0 Å². The number of hydrazine groups is 1. The predicted octanol–water partition coefficient (Wildman–Crippen LogP) is 4.40. The number of benzene rings is 2. The summed E-state index contributed by atoms with van der Waals surface area (Å²) in [6.45, 7) is 3.86. The molecule has 2 N–H and O–H groups in total. The average Bonchev–Trinajstić information content (AvgIpc) is 2.46. The summed E-state index contributed by atoms with van der Waals surface area (Å²) in [4.78, 5) is 12.4. The highest BCUT2D eigenvalue weighted by molar-refractivity contribution is 9.10. The van der Waals surface area contributed by atoms with Crippen LogP contribution in [0.1, 0.15) is 13.8 Å². The number of anilines is 2. The fourth-order valence-corrected chi connectivity index (χ4v) is 2.04. The number of carbonyl (C=O) groups excluding carboxylic acids is 1. The molecule has 0 aliphatic carbocycles. The van der Waals surface area contributed by atoms with E-state index >= 15 is 0 Å². The first kappa shape index (κ1) is 15.4. The van der Waals surface area contributed by atoms with Gasteiger partial charge in [-0.05, 0) is 50.2 Å². The van der Waals surface area contributed by atoms with Crippen LogP contribution in [0.15, 0.2) is 59.1 Å². The zero-order chi connectivity index (χ0) is 15.2. The topological polar surface area (TPSA) is 44.4 Å². The number of carbonyl (C=O) groups is 1. The van der Waals surface area contributed by atoms with Crippen molar-refractivity contribution in [3.63, 3.8) is 0 Å². The Bertz CT molecular complexity index is 584. The normalized spacial score (nSPS) is 10.3. The van der Waals surface area contributed by atoms with Crippen molar-refractivity contribution >= 4 is 33.3 Å². The molecule has 0 aliphatic heterocycles. The lowest BCUT2D eigenvalue weighted by Crippen LogP contribution is -2.46. The van der Waals surface area contributed by atoms with Gasteiger partial charge in [-0.2, -0.15) is 0 Å². The quantitative estimate of drug-likeness (QED) is 0.805. The first-order valence-corrected chi connectivity index (χ1v) is 7.53. The summed E-state index contributed by atoms with van der Waals surface area (Å²) in [6, 6.07) is 17.0. The lowest BCUT2D eigenvalue weighted by atomic mass is 10.3. The lowest BCUT2D eigenvalue weighted by molar-refractivity contribution is 0.245. The predicted molar refractivity (Wildman–Crippen MR) is 90.4 cm³/mol. The lowest BCUT2D eigenvalue weighted by Gasteiger charge is -2.25. The van der Waals surface area contributed by atoms with Crippen molar-refractivity contribution in [1.82, 2.24) is 5.32 Å². The number of rotatable bonds is 4. The van der Waals surface area contributed by atoms with E-state index in [9.17, 15) is 4.79 Å². The van der Waals surface area contributed by atoms with Gasteiger partial charge in [0.15, 0.2) is 0 Å². The minimum Gasteiger partial charge on any atom is -0.334 e. The number of amides is 2. The number of para-hydroxylation sites is 1. The molecule has 2 aromatic carbocycles. The molecule has 0 aliphatic rings. The second-order valence-corrected chi connectivity index (χ2v) is 5.81. The monoisotopic (exact) mass is 347 g/mol. The summed E-state index contributed by atoms with van der Waals surface area (Å²) >= 11 is 3.40. The summed E-state index contributed by atoms with van der Waals surface area (Å²) in [5.74, 6) is 0. The fourth-order valence-electron chi connectivity index (χ4n) is 1.78. The van der Waals surface area contributed by atoms with Gasteiger partial charge in [0.25, 0.3) is 0 Å². The van der Waals surface area contributed by atoms with Gasteiger partial charge in [-0.1, -0.05) is 34.1 Å². The summed E-state index contributed by atoms with van der Waals surface area (Å²) in [6.07, 6.45) is 0. The van der Waals surface area contributed by atoms with Crippen LogP contribution >= 0.6 is 15.9 Å². The summed E-state index contributed by atoms with van der Waals surface area (Å²) < 4.78 is 0.968. The third-order valence-electron chi connectivity index (χ3n) is 2.71. The summed E-state index contributed by atoms with van der Waals surface area (Å²) in [7, 11) is 0. The molecule has 2 rings (SSSR count). The van der Waals surface area contributed by atoms with Crippen LogP contribution in [0, 0.1) is 0 Å². The standard InChI is InChI=1S/C16H18BrN3O/c1-12(2)18-16(21)20(15-10-8-13(17)9-11-15)19-14-6-4-3-5-7-14/h3-12,19H,1-2H3,(H,18,21).